The van der Waals surface area contributed by atoms with Crippen molar-refractivity contribution in [2.45, 2.75) is 31.3 Å². The molecule has 1 rings (SSSR count). The first-order valence-electron chi connectivity index (χ1n) is 5.97. The highest BCUT2D eigenvalue weighted by molar-refractivity contribution is 7.89. The normalized spacial score (nSPS) is 12.7. The molecule has 5 nitrogen and oxygen atoms in total. The van der Waals surface area contributed by atoms with Crippen LogP contribution in [0, 0.1) is 5.82 Å². The van der Waals surface area contributed by atoms with Gasteiger partial charge in [0, 0.05) is 13.2 Å². The molecule has 0 aliphatic carbocycles. The summed E-state index contributed by atoms with van der Waals surface area (Å²) >= 11 is 5.75. The van der Waals surface area contributed by atoms with Gasteiger partial charge in [-0.2, -0.15) is 0 Å². The second kappa shape index (κ2) is 6.26. The van der Waals surface area contributed by atoms with Gasteiger partial charge in [-0.3, -0.25) is 0 Å². The summed E-state index contributed by atoms with van der Waals surface area (Å²) in [5.74, 6) is -0.761. The fourth-order valence-electron chi connectivity index (χ4n) is 1.54. The topological polar surface area (TPSA) is 81.4 Å². The first-order valence-corrected chi connectivity index (χ1v) is 7.83. The van der Waals surface area contributed by atoms with Crippen LogP contribution >= 0.6 is 11.6 Å². The second-order valence-corrected chi connectivity index (χ2v) is 6.96. The van der Waals surface area contributed by atoms with Crippen molar-refractivity contribution < 1.29 is 17.5 Å². The number of ether oxygens (including phenoxy) is 1. The summed E-state index contributed by atoms with van der Waals surface area (Å²) in [6.07, 6.45) is 0. The lowest BCUT2D eigenvalue weighted by atomic mass is 10.1. The molecule has 0 amide bonds. The Kier molecular flexibility index (Phi) is 5.37. The van der Waals surface area contributed by atoms with E-state index in [4.69, 9.17) is 22.1 Å². The molecular formula is C12H18ClFN2O3S. The minimum Gasteiger partial charge on any atom is -0.396 e. The number of sulfonamides is 1. The maximum Gasteiger partial charge on any atom is 0.242 e. The van der Waals surface area contributed by atoms with Crippen molar-refractivity contribution in [1.29, 1.82) is 0 Å². The number of rotatable bonds is 6. The average Bonchev–Trinajstić information content (AvgIpc) is 2.31. The molecule has 0 radical (unpaired) electrons. The van der Waals surface area contributed by atoms with Gasteiger partial charge >= 0.3 is 0 Å². The van der Waals surface area contributed by atoms with Crippen LogP contribution in [0.4, 0.5) is 10.1 Å². The number of nitrogen functional groups attached to an aromatic ring is 1. The molecule has 1 aromatic rings. The van der Waals surface area contributed by atoms with E-state index in [2.05, 4.69) is 4.72 Å². The Labute approximate surface area is 123 Å². The van der Waals surface area contributed by atoms with Crippen LogP contribution in [0.5, 0.6) is 0 Å². The van der Waals surface area contributed by atoms with Gasteiger partial charge in [-0.05, 0) is 32.9 Å². The van der Waals surface area contributed by atoms with Crippen LogP contribution in [0.25, 0.3) is 0 Å². The van der Waals surface area contributed by atoms with Gasteiger partial charge < -0.3 is 10.5 Å². The molecule has 0 aliphatic heterocycles. The highest BCUT2D eigenvalue weighted by Crippen LogP contribution is 2.26. The number of halogens is 2. The standard InChI is InChI=1S/C12H18ClFN2O3S/c1-4-19-12(2,3)7-16-20(17,18)11-6-10(15)9(14)5-8(11)13/h5-6,16H,4,7,15H2,1-3H3. The molecule has 0 saturated heterocycles. The maximum atomic E-state index is 13.2. The summed E-state index contributed by atoms with van der Waals surface area (Å²) in [5.41, 5.74) is 4.42. The third kappa shape index (κ3) is 4.31. The molecule has 0 spiro atoms. The third-order valence-corrected chi connectivity index (χ3v) is 4.43. The van der Waals surface area contributed by atoms with Crippen LogP contribution in [-0.4, -0.2) is 27.2 Å². The summed E-state index contributed by atoms with van der Waals surface area (Å²) in [7, 11) is -3.89. The van der Waals surface area contributed by atoms with Gasteiger partial charge in [-0.1, -0.05) is 11.6 Å². The SMILES string of the molecule is CCOC(C)(C)CNS(=O)(=O)c1cc(N)c(F)cc1Cl. The first-order chi connectivity index (χ1) is 9.09. The van der Waals surface area contributed by atoms with E-state index in [1.54, 1.807) is 13.8 Å². The van der Waals surface area contributed by atoms with E-state index in [0.717, 1.165) is 12.1 Å². The Balaban J connectivity index is 2.98. The van der Waals surface area contributed by atoms with Gasteiger partial charge in [0.1, 0.15) is 10.7 Å². The summed E-state index contributed by atoms with van der Waals surface area (Å²) < 4.78 is 45.2. The lowest BCUT2D eigenvalue weighted by molar-refractivity contribution is -0.00515. The van der Waals surface area contributed by atoms with Crippen molar-refractivity contribution in [1.82, 2.24) is 4.72 Å². The molecule has 0 unspecified atom stereocenters. The molecule has 0 atom stereocenters. The van der Waals surface area contributed by atoms with E-state index in [-0.39, 0.29) is 22.2 Å². The predicted molar refractivity (Wildman–Crippen MR) is 76.7 cm³/mol. The molecule has 0 heterocycles. The molecule has 0 saturated carbocycles. The van der Waals surface area contributed by atoms with E-state index in [1.165, 1.54) is 0 Å². The predicted octanol–water partition coefficient (Wildman–Crippen LogP) is 2.15. The van der Waals surface area contributed by atoms with E-state index >= 15 is 0 Å². The molecule has 8 heteroatoms. The van der Waals surface area contributed by atoms with Crippen LogP contribution < -0.4 is 10.5 Å². The Hall–Kier alpha value is -0.890. The second-order valence-electron chi connectivity index (χ2n) is 4.82. The van der Waals surface area contributed by atoms with Gasteiger partial charge in [0.05, 0.1) is 16.3 Å². The largest absolute Gasteiger partial charge is 0.396 e. The van der Waals surface area contributed by atoms with Crippen LogP contribution in [0.2, 0.25) is 5.02 Å². The van der Waals surface area contributed by atoms with Crippen molar-refractivity contribution in [3.05, 3.63) is 23.0 Å². The summed E-state index contributed by atoms with van der Waals surface area (Å²) in [5, 5.41) is -0.224. The average molecular weight is 325 g/mol. The summed E-state index contributed by atoms with van der Waals surface area (Å²) in [6.45, 7) is 5.82. The van der Waals surface area contributed by atoms with Crippen LogP contribution in [0.3, 0.4) is 0 Å². The monoisotopic (exact) mass is 324 g/mol. The minimum absolute atomic E-state index is 0.0524. The number of hydrogen-bond acceptors (Lipinski definition) is 4. The number of hydrogen-bond donors (Lipinski definition) is 2. The number of nitrogens with one attached hydrogen (secondary N) is 1. The molecule has 114 valence electrons. The Morgan fingerprint density at radius 3 is 2.60 bits per heavy atom. The van der Waals surface area contributed by atoms with Gasteiger partial charge in [0.2, 0.25) is 10.0 Å². The molecule has 20 heavy (non-hydrogen) atoms. The zero-order chi connectivity index (χ0) is 15.6. The Morgan fingerprint density at radius 1 is 1.45 bits per heavy atom. The van der Waals surface area contributed by atoms with Crippen LogP contribution in [-0.2, 0) is 14.8 Å². The Morgan fingerprint density at radius 2 is 2.05 bits per heavy atom. The third-order valence-electron chi connectivity index (χ3n) is 2.56. The van der Waals surface area contributed by atoms with Crippen molar-refractivity contribution in [3.8, 4) is 0 Å². The summed E-state index contributed by atoms with van der Waals surface area (Å²) in [6, 6.07) is 1.87. The quantitative estimate of drug-likeness (QED) is 0.786. The van der Waals surface area contributed by atoms with Gasteiger partial charge in [-0.25, -0.2) is 17.5 Å². The van der Waals surface area contributed by atoms with Crippen molar-refractivity contribution >= 4 is 27.3 Å². The fourth-order valence-corrected chi connectivity index (χ4v) is 3.29. The fraction of sp³-hybridized carbons (Fsp3) is 0.500. The van der Waals surface area contributed by atoms with E-state index in [9.17, 15) is 12.8 Å². The van der Waals surface area contributed by atoms with Gasteiger partial charge in [0.25, 0.3) is 0 Å². The van der Waals surface area contributed by atoms with Crippen molar-refractivity contribution in [3.63, 3.8) is 0 Å². The molecule has 1 aromatic carbocycles. The van der Waals surface area contributed by atoms with E-state index < -0.39 is 21.4 Å². The Bertz CT molecular complexity index is 591. The lowest BCUT2D eigenvalue weighted by Gasteiger charge is -2.25. The molecule has 0 fully saturated rings. The molecule has 0 bridgehead atoms. The first kappa shape index (κ1) is 17.2. The number of nitrogens with two attached hydrogens (primary N) is 1. The highest BCUT2D eigenvalue weighted by atomic mass is 35.5. The zero-order valence-electron chi connectivity index (χ0n) is 11.5. The number of anilines is 1. The number of benzene rings is 1. The molecular weight excluding hydrogens is 307 g/mol. The summed E-state index contributed by atoms with van der Waals surface area (Å²) in [4.78, 5) is -0.259. The lowest BCUT2D eigenvalue weighted by Crippen LogP contribution is -2.40. The van der Waals surface area contributed by atoms with Crippen LogP contribution in [0.1, 0.15) is 20.8 Å². The smallest absolute Gasteiger partial charge is 0.242 e. The van der Waals surface area contributed by atoms with Crippen molar-refractivity contribution in [2.75, 3.05) is 18.9 Å². The van der Waals surface area contributed by atoms with E-state index in [0.29, 0.717) is 6.61 Å². The minimum atomic E-state index is -3.89. The highest BCUT2D eigenvalue weighted by Gasteiger charge is 2.25. The molecule has 0 aromatic heterocycles. The van der Waals surface area contributed by atoms with Gasteiger partial charge in [0.15, 0.2) is 0 Å². The maximum absolute atomic E-state index is 13.2. The van der Waals surface area contributed by atoms with Gasteiger partial charge in [-0.15, -0.1) is 0 Å². The molecule has 3 N–H and O–H groups in total. The van der Waals surface area contributed by atoms with E-state index in [1.807, 2.05) is 6.92 Å². The van der Waals surface area contributed by atoms with Crippen molar-refractivity contribution in [2.24, 2.45) is 0 Å². The van der Waals surface area contributed by atoms with Crippen LogP contribution in [0.15, 0.2) is 17.0 Å². The molecule has 0 aliphatic rings. The zero-order valence-corrected chi connectivity index (χ0v) is 13.1.